The van der Waals surface area contributed by atoms with Gasteiger partial charge in [0, 0.05) is 30.5 Å². The molecule has 1 heterocycles. The number of aromatic nitrogens is 1. The zero-order chi connectivity index (χ0) is 14.2. The monoisotopic (exact) mass is 269 g/mol. The first kappa shape index (κ1) is 14.4. The van der Waals surface area contributed by atoms with Crippen molar-refractivity contribution >= 4 is 11.5 Å². The molecule has 106 valence electrons. The van der Waals surface area contributed by atoms with Crippen molar-refractivity contribution in [3.8, 4) is 0 Å². The molecular weight excluding hydrogens is 246 g/mol. The molecule has 3 heteroatoms. The van der Waals surface area contributed by atoms with Gasteiger partial charge in [0.25, 0.3) is 0 Å². The molecule has 0 spiro atoms. The first-order valence-corrected chi connectivity index (χ1v) is 7.28. The fraction of sp³-hybridized carbons (Fsp3) is 0.353. The number of benzene rings is 1. The molecule has 0 fully saturated rings. The van der Waals surface area contributed by atoms with Crippen LogP contribution in [0.15, 0.2) is 48.7 Å². The molecule has 1 atom stereocenters. The van der Waals surface area contributed by atoms with Crippen LogP contribution in [0.5, 0.6) is 0 Å². The van der Waals surface area contributed by atoms with Gasteiger partial charge in [0.1, 0.15) is 5.82 Å². The van der Waals surface area contributed by atoms with Gasteiger partial charge in [-0.1, -0.05) is 37.3 Å². The van der Waals surface area contributed by atoms with Crippen molar-refractivity contribution in [2.45, 2.75) is 32.7 Å². The van der Waals surface area contributed by atoms with E-state index in [1.165, 1.54) is 5.56 Å². The minimum atomic E-state index is 0.388. The highest BCUT2D eigenvalue weighted by Crippen LogP contribution is 2.14. The molecule has 3 nitrogen and oxygen atoms in total. The Balaban J connectivity index is 1.92. The minimum absolute atomic E-state index is 0.388. The lowest BCUT2D eigenvalue weighted by Crippen LogP contribution is -2.18. The van der Waals surface area contributed by atoms with Gasteiger partial charge < -0.3 is 10.6 Å². The third kappa shape index (κ3) is 4.57. The summed E-state index contributed by atoms with van der Waals surface area (Å²) >= 11 is 0. The molecule has 0 saturated carbocycles. The summed E-state index contributed by atoms with van der Waals surface area (Å²) in [6, 6.07) is 15.0. The summed E-state index contributed by atoms with van der Waals surface area (Å²) in [6.45, 7) is 5.31. The summed E-state index contributed by atoms with van der Waals surface area (Å²) in [4.78, 5) is 4.32. The number of pyridine rings is 1. The number of rotatable bonds is 7. The van der Waals surface area contributed by atoms with Gasteiger partial charge in [0.05, 0.1) is 0 Å². The lowest BCUT2D eigenvalue weighted by molar-refractivity contribution is 0.790. The number of nitrogens with zero attached hydrogens (tertiary/aromatic N) is 1. The summed E-state index contributed by atoms with van der Waals surface area (Å²) in [7, 11) is 0. The predicted molar refractivity (Wildman–Crippen MR) is 86.2 cm³/mol. The molecule has 1 aromatic heterocycles. The Labute approximate surface area is 121 Å². The zero-order valence-electron chi connectivity index (χ0n) is 12.3. The highest BCUT2D eigenvalue weighted by atomic mass is 15.0. The van der Waals surface area contributed by atoms with Gasteiger partial charge in [-0.2, -0.15) is 0 Å². The van der Waals surface area contributed by atoms with Crippen LogP contribution in [0, 0.1) is 0 Å². The maximum Gasteiger partial charge on any atom is 0.127 e. The summed E-state index contributed by atoms with van der Waals surface area (Å²) < 4.78 is 0. The fourth-order valence-corrected chi connectivity index (χ4v) is 2.17. The Morgan fingerprint density at radius 1 is 1.15 bits per heavy atom. The van der Waals surface area contributed by atoms with Gasteiger partial charge in [0.15, 0.2) is 0 Å². The molecule has 0 amide bonds. The molecule has 20 heavy (non-hydrogen) atoms. The van der Waals surface area contributed by atoms with Gasteiger partial charge in [-0.15, -0.1) is 0 Å². The largest absolute Gasteiger partial charge is 0.382 e. The van der Waals surface area contributed by atoms with E-state index in [9.17, 15) is 0 Å². The van der Waals surface area contributed by atoms with Crippen LogP contribution < -0.4 is 10.6 Å². The van der Waals surface area contributed by atoms with E-state index in [0.717, 1.165) is 30.9 Å². The zero-order valence-corrected chi connectivity index (χ0v) is 12.3. The van der Waals surface area contributed by atoms with Gasteiger partial charge in [0.2, 0.25) is 0 Å². The van der Waals surface area contributed by atoms with E-state index in [-0.39, 0.29) is 0 Å². The average Bonchev–Trinajstić information content (AvgIpc) is 2.46. The number of hydrogen-bond acceptors (Lipinski definition) is 3. The first-order chi connectivity index (χ1) is 9.78. The van der Waals surface area contributed by atoms with E-state index in [0.29, 0.717) is 6.04 Å². The fourth-order valence-electron chi connectivity index (χ4n) is 2.17. The van der Waals surface area contributed by atoms with Gasteiger partial charge in [-0.3, -0.25) is 0 Å². The molecule has 0 aliphatic rings. The van der Waals surface area contributed by atoms with Crippen molar-refractivity contribution in [2.24, 2.45) is 0 Å². The van der Waals surface area contributed by atoms with Gasteiger partial charge in [-0.05, 0) is 31.4 Å². The summed E-state index contributed by atoms with van der Waals surface area (Å²) in [5, 5.41) is 6.83. The highest BCUT2D eigenvalue weighted by molar-refractivity contribution is 5.52. The van der Waals surface area contributed by atoms with Crippen LogP contribution in [-0.2, 0) is 6.42 Å². The first-order valence-electron chi connectivity index (χ1n) is 7.28. The second kappa shape index (κ2) is 7.53. The van der Waals surface area contributed by atoms with E-state index in [2.05, 4.69) is 65.9 Å². The van der Waals surface area contributed by atoms with E-state index in [1.807, 2.05) is 12.3 Å². The predicted octanol–water partition coefficient (Wildman–Crippen LogP) is 3.95. The summed E-state index contributed by atoms with van der Waals surface area (Å²) in [6.07, 6.45) is 3.96. The Hall–Kier alpha value is -2.03. The highest BCUT2D eigenvalue weighted by Gasteiger charge is 2.04. The number of nitrogens with one attached hydrogen (secondary N) is 2. The molecule has 1 aromatic carbocycles. The van der Waals surface area contributed by atoms with Crippen LogP contribution in [-0.4, -0.2) is 17.6 Å². The maximum absolute atomic E-state index is 4.32. The van der Waals surface area contributed by atoms with Crippen molar-refractivity contribution in [3.63, 3.8) is 0 Å². The number of hydrogen-bond donors (Lipinski definition) is 2. The normalized spacial score (nSPS) is 11.9. The third-order valence-electron chi connectivity index (χ3n) is 3.11. The van der Waals surface area contributed by atoms with Crippen LogP contribution in [0.25, 0.3) is 0 Å². The molecule has 0 saturated heterocycles. The summed E-state index contributed by atoms with van der Waals surface area (Å²) in [5.41, 5.74) is 2.47. The lowest BCUT2D eigenvalue weighted by Gasteiger charge is -2.16. The number of anilines is 2. The maximum atomic E-state index is 4.32. The Morgan fingerprint density at radius 3 is 2.70 bits per heavy atom. The van der Waals surface area contributed by atoms with Crippen LogP contribution in [0.4, 0.5) is 11.5 Å². The molecule has 2 aromatic rings. The standard InChI is InChI=1S/C17H23N3/c1-3-10-18-17-13-16(9-11-19-17)20-14(2)12-15-7-5-4-6-8-15/h4-9,11,13-14H,3,10,12H2,1-2H3,(H2,18,19,20). The SMILES string of the molecule is CCCNc1cc(NC(C)Cc2ccccc2)ccn1. The lowest BCUT2D eigenvalue weighted by atomic mass is 10.1. The molecule has 2 N–H and O–H groups in total. The quantitative estimate of drug-likeness (QED) is 0.799. The van der Waals surface area contributed by atoms with E-state index in [1.54, 1.807) is 0 Å². The van der Waals surface area contributed by atoms with Crippen molar-refractivity contribution in [2.75, 3.05) is 17.2 Å². The van der Waals surface area contributed by atoms with Crippen molar-refractivity contribution < 1.29 is 0 Å². The average molecular weight is 269 g/mol. The second-order valence-electron chi connectivity index (χ2n) is 5.09. The van der Waals surface area contributed by atoms with Crippen LogP contribution in [0.2, 0.25) is 0 Å². The van der Waals surface area contributed by atoms with E-state index >= 15 is 0 Å². The Bertz CT molecular complexity index is 511. The second-order valence-corrected chi connectivity index (χ2v) is 5.09. The molecule has 2 rings (SSSR count). The molecule has 1 unspecified atom stereocenters. The minimum Gasteiger partial charge on any atom is -0.382 e. The van der Waals surface area contributed by atoms with Crippen LogP contribution >= 0.6 is 0 Å². The van der Waals surface area contributed by atoms with Crippen molar-refractivity contribution in [1.82, 2.24) is 4.98 Å². The smallest absolute Gasteiger partial charge is 0.127 e. The van der Waals surface area contributed by atoms with E-state index < -0.39 is 0 Å². The molecule has 0 aliphatic carbocycles. The van der Waals surface area contributed by atoms with Gasteiger partial charge >= 0.3 is 0 Å². The van der Waals surface area contributed by atoms with Gasteiger partial charge in [-0.25, -0.2) is 4.98 Å². The Morgan fingerprint density at radius 2 is 1.95 bits per heavy atom. The third-order valence-corrected chi connectivity index (χ3v) is 3.11. The topological polar surface area (TPSA) is 37.0 Å². The van der Waals surface area contributed by atoms with Crippen molar-refractivity contribution in [3.05, 3.63) is 54.2 Å². The van der Waals surface area contributed by atoms with Crippen molar-refractivity contribution in [1.29, 1.82) is 0 Å². The molecule has 0 radical (unpaired) electrons. The van der Waals surface area contributed by atoms with Crippen LogP contribution in [0.3, 0.4) is 0 Å². The van der Waals surface area contributed by atoms with Crippen LogP contribution in [0.1, 0.15) is 25.8 Å². The molecule has 0 aliphatic heterocycles. The molecule has 0 bridgehead atoms. The summed E-state index contributed by atoms with van der Waals surface area (Å²) in [5.74, 6) is 0.934. The molecular formula is C17H23N3. The Kier molecular flexibility index (Phi) is 5.42. The van der Waals surface area contributed by atoms with E-state index in [4.69, 9.17) is 0 Å².